The van der Waals surface area contributed by atoms with Gasteiger partial charge >= 0.3 is 5.97 Å². The van der Waals surface area contributed by atoms with Crippen LogP contribution < -0.4 is 4.90 Å². The van der Waals surface area contributed by atoms with Gasteiger partial charge in [0.15, 0.2) is 11.5 Å². The van der Waals surface area contributed by atoms with Gasteiger partial charge in [-0.3, -0.25) is 19.3 Å². The molecule has 0 spiro atoms. The lowest BCUT2D eigenvalue weighted by atomic mass is 9.92. The van der Waals surface area contributed by atoms with Crippen LogP contribution in [0.15, 0.2) is 93.0 Å². The second-order valence-electron chi connectivity index (χ2n) is 8.74. The van der Waals surface area contributed by atoms with Crippen LogP contribution in [0.2, 0.25) is 0 Å². The Morgan fingerprint density at radius 2 is 1.78 bits per heavy atom. The molecule has 186 valence electrons. The van der Waals surface area contributed by atoms with Crippen molar-refractivity contribution in [3.05, 3.63) is 111 Å². The van der Waals surface area contributed by atoms with Crippen LogP contribution in [0.25, 0.3) is 11.0 Å². The standard InChI is InChI=1S/C29H22BrNO6/c1-16-5-3-4-6-21(16)26-25(27(33)23-15-18-14-19(30)9-12-22(18)37-23)28(34)29(35)31(26)20-10-7-17(8-11-20)13-24(32)36-2/h3-12,14-15,26,34H,13H2,1-2H3. The van der Waals surface area contributed by atoms with E-state index in [1.807, 2.05) is 37.3 Å². The number of hydrogen-bond donors (Lipinski definition) is 1. The third-order valence-corrected chi connectivity index (χ3v) is 6.92. The fraction of sp³-hybridized carbons (Fsp3) is 0.138. The molecule has 1 amide bonds. The lowest BCUT2D eigenvalue weighted by Gasteiger charge is -2.28. The van der Waals surface area contributed by atoms with E-state index in [2.05, 4.69) is 15.9 Å². The molecule has 37 heavy (non-hydrogen) atoms. The van der Waals surface area contributed by atoms with Crippen molar-refractivity contribution in [3.8, 4) is 0 Å². The molecule has 0 saturated heterocycles. The predicted octanol–water partition coefficient (Wildman–Crippen LogP) is 6.00. The Morgan fingerprint density at radius 1 is 1.05 bits per heavy atom. The zero-order valence-electron chi connectivity index (χ0n) is 20.0. The van der Waals surface area contributed by atoms with Crippen molar-refractivity contribution in [1.82, 2.24) is 0 Å². The van der Waals surface area contributed by atoms with Crippen LogP contribution >= 0.6 is 15.9 Å². The molecule has 4 aromatic rings. The number of aliphatic hydroxyl groups excluding tert-OH is 1. The normalized spacial score (nSPS) is 15.5. The van der Waals surface area contributed by atoms with E-state index in [1.54, 1.807) is 42.5 Å². The number of halogens is 1. The average molecular weight is 560 g/mol. The number of ketones is 1. The lowest BCUT2D eigenvalue weighted by molar-refractivity contribution is -0.139. The highest BCUT2D eigenvalue weighted by molar-refractivity contribution is 9.10. The summed E-state index contributed by atoms with van der Waals surface area (Å²) in [7, 11) is 1.32. The summed E-state index contributed by atoms with van der Waals surface area (Å²) in [5.74, 6) is -2.25. The molecule has 8 heteroatoms. The van der Waals surface area contributed by atoms with E-state index in [-0.39, 0.29) is 23.7 Å². The fourth-order valence-electron chi connectivity index (χ4n) is 4.56. The van der Waals surface area contributed by atoms with Gasteiger partial charge in [-0.25, -0.2) is 0 Å². The molecule has 0 fully saturated rings. The van der Waals surface area contributed by atoms with Crippen LogP contribution in [0, 0.1) is 6.92 Å². The minimum absolute atomic E-state index is 0.0244. The van der Waals surface area contributed by atoms with Gasteiger partial charge in [-0.1, -0.05) is 52.3 Å². The number of benzene rings is 3. The number of amides is 1. The van der Waals surface area contributed by atoms with Gasteiger partial charge in [-0.2, -0.15) is 0 Å². The lowest BCUT2D eigenvalue weighted by Crippen LogP contribution is -2.31. The number of ether oxygens (including phenoxy) is 1. The monoisotopic (exact) mass is 559 g/mol. The minimum Gasteiger partial charge on any atom is -0.503 e. The Hall–Kier alpha value is -4.17. The topological polar surface area (TPSA) is 97.0 Å². The molecule has 1 aromatic heterocycles. The summed E-state index contributed by atoms with van der Waals surface area (Å²) in [5, 5.41) is 11.7. The highest BCUT2D eigenvalue weighted by Crippen LogP contribution is 2.43. The first-order valence-electron chi connectivity index (χ1n) is 11.5. The van der Waals surface area contributed by atoms with E-state index in [0.29, 0.717) is 27.8 Å². The number of fused-ring (bicyclic) bond motifs is 1. The van der Waals surface area contributed by atoms with Gasteiger partial charge in [0, 0.05) is 15.5 Å². The van der Waals surface area contributed by atoms with Crippen LogP contribution in [-0.2, 0) is 20.7 Å². The summed E-state index contributed by atoms with van der Waals surface area (Å²) in [6, 6.07) is 20.3. The number of carbonyl (C=O) groups is 3. The molecule has 1 aliphatic heterocycles. The number of carbonyl (C=O) groups excluding carboxylic acids is 3. The summed E-state index contributed by atoms with van der Waals surface area (Å²) < 4.78 is 11.4. The van der Waals surface area contributed by atoms with E-state index in [1.165, 1.54) is 12.0 Å². The van der Waals surface area contributed by atoms with Gasteiger partial charge in [0.1, 0.15) is 5.58 Å². The average Bonchev–Trinajstić information content (AvgIpc) is 3.42. The van der Waals surface area contributed by atoms with E-state index < -0.39 is 23.5 Å². The van der Waals surface area contributed by atoms with Crippen LogP contribution in [-0.4, -0.2) is 29.9 Å². The number of Topliss-reactive ketones (excluding diaryl/α,β-unsaturated/α-hetero) is 1. The first-order valence-corrected chi connectivity index (χ1v) is 12.3. The summed E-state index contributed by atoms with van der Waals surface area (Å²) in [4.78, 5) is 40.3. The van der Waals surface area contributed by atoms with Crippen LogP contribution in [0.4, 0.5) is 5.69 Å². The SMILES string of the molecule is COC(=O)Cc1ccc(N2C(=O)C(O)=C(C(=O)c3cc4cc(Br)ccc4o3)C2c2ccccc2C)cc1. The first kappa shape index (κ1) is 24.5. The molecule has 0 saturated carbocycles. The maximum absolute atomic E-state index is 13.8. The summed E-state index contributed by atoms with van der Waals surface area (Å²) in [6.07, 6.45) is 0.0847. The van der Waals surface area contributed by atoms with Crippen LogP contribution in [0.1, 0.15) is 33.3 Å². The van der Waals surface area contributed by atoms with Crippen molar-refractivity contribution in [2.24, 2.45) is 0 Å². The molecule has 0 bridgehead atoms. The Labute approximate surface area is 221 Å². The Kier molecular flexibility index (Phi) is 6.43. The van der Waals surface area contributed by atoms with Gasteiger partial charge in [0.05, 0.1) is 25.1 Å². The quantitative estimate of drug-likeness (QED) is 0.230. The van der Waals surface area contributed by atoms with E-state index >= 15 is 0 Å². The first-order chi connectivity index (χ1) is 17.8. The molecule has 1 atom stereocenters. The van der Waals surface area contributed by atoms with Gasteiger partial charge in [-0.05, 0) is 60.0 Å². The summed E-state index contributed by atoms with van der Waals surface area (Å²) in [6.45, 7) is 1.88. The van der Waals surface area contributed by atoms with Gasteiger partial charge in [-0.15, -0.1) is 0 Å². The maximum atomic E-state index is 13.8. The summed E-state index contributed by atoms with van der Waals surface area (Å²) >= 11 is 3.41. The van der Waals surface area contributed by atoms with E-state index in [4.69, 9.17) is 9.15 Å². The Bertz CT molecular complexity index is 1580. The highest BCUT2D eigenvalue weighted by atomic mass is 79.9. The number of esters is 1. The molecular formula is C29H22BrNO6. The molecule has 7 nitrogen and oxygen atoms in total. The number of nitrogens with zero attached hydrogens (tertiary/aromatic N) is 1. The zero-order chi connectivity index (χ0) is 26.3. The van der Waals surface area contributed by atoms with Gasteiger partial charge < -0.3 is 14.3 Å². The Morgan fingerprint density at radius 3 is 2.49 bits per heavy atom. The number of furan rings is 1. The molecule has 0 aliphatic carbocycles. The zero-order valence-corrected chi connectivity index (χ0v) is 21.6. The van der Waals surface area contributed by atoms with Crippen LogP contribution in [0.5, 0.6) is 0 Å². The maximum Gasteiger partial charge on any atom is 0.309 e. The third-order valence-electron chi connectivity index (χ3n) is 6.43. The number of anilines is 1. The number of aliphatic hydroxyl groups is 1. The minimum atomic E-state index is -0.882. The van der Waals surface area contributed by atoms with Crippen molar-refractivity contribution in [1.29, 1.82) is 0 Å². The molecule has 1 aliphatic rings. The molecule has 5 rings (SSSR count). The molecule has 3 aromatic carbocycles. The third kappa shape index (κ3) is 4.44. The Balaban J connectivity index is 1.60. The molecule has 2 heterocycles. The number of hydrogen-bond acceptors (Lipinski definition) is 6. The van der Waals surface area contributed by atoms with E-state index in [0.717, 1.165) is 10.0 Å². The number of rotatable bonds is 6. The van der Waals surface area contributed by atoms with E-state index in [9.17, 15) is 19.5 Å². The van der Waals surface area contributed by atoms with Crippen molar-refractivity contribution >= 4 is 50.2 Å². The molecular weight excluding hydrogens is 538 g/mol. The largest absolute Gasteiger partial charge is 0.503 e. The second-order valence-corrected chi connectivity index (χ2v) is 9.65. The second kappa shape index (κ2) is 9.71. The number of methoxy groups -OCH3 is 1. The van der Waals surface area contributed by atoms with Crippen molar-refractivity contribution in [2.45, 2.75) is 19.4 Å². The van der Waals surface area contributed by atoms with Crippen molar-refractivity contribution in [2.75, 3.05) is 12.0 Å². The molecule has 1 N–H and O–H groups in total. The van der Waals surface area contributed by atoms with Gasteiger partial charge in [0.25, 0.3) is 5.91 Å². The van der Waals surface area contributed by atoms with Crippen LogP contribution in [0.3, 0.4) is 0 Å². The predicted molar refractivity (Wildman–Crippen MR) is 141 cm³/mol. The molecule has 0 radical (unpaired) electrons. The summed E-state index contributed by atoms with van der Waals surface area (Å²) in [5.41, 5.74) is 3.17. The highest BCUT2D eigenvalue weighted by Gasteiger charge is 2.45. The fourth-order valence-corrected chi connectivity index (χ4v) is 4.94. The van der Waals surface area contributed by atoms with Crippen molar-refractivity contribution < 1.29 is 28.6 Å². The number of aryl methyl sites for hydroxylation is 1. The van der Waals surface area contributed by atoms with Gasteiger partial charge in [0.2, 0.25) is 5.78 Å². The molecule has 1 unspecified atom stereocenters. The smallest absolute Gasteiger partial charge is 0.309 e. The van der Waals surface area contributed by atoms with Crippen molar-refractivity contribution in [3.63, 3.8) is 0 Å².